The van der Waals surface area contributed by atoms with Crippen molar-refractivity contribution in [2.75, 3.05) is 0 Å². The monoisotopic (exact) mass is 369 g/mol. The molecule has 6 nitrogen and oxygen atoms in total. The van der Waals surface area contributed by atoms with Crippen LogP contribution in [0.3, 0.4) is 0 Å². The van der Waals surface area contributed by atoms with Gasteiger partial charge in [0.05, 0.1) is 17.8 Å². The van der Waals surface area contributed by atoms with Gasteiger partial charge in [0.1, 0.15) is 0 Å². The molecule has 0 fully saturated rings. The van der Waals surface area contributed by atoms with Gasteiger partial charge in [-0.05, 0) is 26.7 Å². The number of hydrogen-bond donors (Lipinski definition) is 1. The van der Waals surface area contributed by atoms with Crippen molar-refractivity contribution < 1.29 is 27.8 Å². The first-order valence-electron chi connectivity index (χ1n) is 8.21. The number of nitrogens with zero attached hydrogens (tertiary/aromatic N) is 3. The molecule has 3 rings (SSSR count). The minimum atomic E-state index is -3.07. The number of alkyl halides is 2. The summed E-state index contributed by atoms with van der Waals surface area (Å²) in [5.74, 6) is -2.51. The zero-order chi connectivity index (χ0) is 19.0. The number of pyridine rings is 1. The van der Waals surface area contributed by atoms with E-state index in [9.17, 15) is 23.1 Å². The highest BCUT2D eigenvalue weighted by Crippen LogP contribution is 2.36. The molecule has 2 aromatic rings. The molecule has 9 heteroatoms. The van der Waals surface area contributed by atoms with Crippen LogP contribution >= 0.6 is 0 Å². The van der Waals surface area contributed by atoms with Gasteiger partial charge in [0.15, 0.2) is 5.82 Å². The van der Waals surface area contributed by atoms with E-state index >= 15 is 0 Å². The highest BCUT2D eigenvalue weighted by Gasteiger charge is 2.32. The van der Waals surface area contributed by atoms with Crippen molar-refractivity contribution in [3.8, 4) is 17.1 Å². The first-order chi connectivity index (χ1) is 12.3. The predicted octanol–water partition coefficient (Wildman–Crippen LogP) is 3.46. The summed E-state index contributed by atoms with van der Waals surface area (Å²) < 4.78 is 45.1. The Hall–Kier alpha value is -2.58. The van der Waals surface area contributed by atoms with Gasteiger partial charge in [-0.15, -0.1) is 0 Å². The Balaban J connectivity index is 2.10. The van der Waals surface area contributed by atoms with Gasteiger partial charge >= 0.3 is 12.6 Å². The molecular formula is C17H18F3N3O3. The summed E-state index contributed by atoms with van der Waals surface area (Å²) in [4.78, 5) is 14.8. The molecule has 0 saturated heterocycles. The van der Waals surface area contributed by atoms with E-state index in [1.807, 2.05) is 13.8 Å². The fourth-order valence-corrected chi connectivity index (χ4v) is 3.25. The number of hydrogen-bond acceptors (Lipinski definition) is 4. The molecule has 1 aliphatic rings. The van der Waals surface area contributed by atoms with Crippen LogP contribution in [0.1, 0.15) is 37.6 Å². The fourth-order valence-electron chi connectivity index (χ4n) is 3.25. The summed E-state index contributed by atoms with van der Waals surface area (Å²) >= 11 is 0. The number of rotatable bonds is 5. The van der Waals surface area contributed by atoms with Crippen LogP contribution in [0.25, 0.3) is 11.3 Å². The van der Waals surface area contributed by atoms with Crippen LogP contribution in [0.4, 0.5) is 13.2 Å². The molecule has 2 heterocycles. The van der Waals surface area contributed by atoms with Crippen LogP contribution in [0.2, 0.25) is 0 Å². The molecule has 1 aliphatic carbocycles. The molecule has 0 radical (unpaired) electrons. The molecule has 0 saturated carbocycles. The summed E-state index contributed by atoms with van der Waals surface area (Å²) in [6.07, 6.45) is 1.94. The fraction of sp³-hybridized carbons (Fsp3) is 0.471. The van der Waals surface area contributed by atoms with Gasteiger partial charge in [-0.1, -0.05) is 0 Å². The predicted molar refractivity (Wildman–Crippen MR) is 85.6 cm³/mol. The van der Waals surface area contributed by atoms with Gasteiger partial charge in [-0.3, -0.25) is 9.48 Å². The van der Waals surface area contributed by atoms with Crippen molar-refractivity contribution in [2.45, 2.75) is 45.8 Å². The lowest BCUT2D eigenvalue weighted by molar-refractivity contribution is -0.142. The van der Waals surface area contributed by atoms with E-state index in [4.69, 9.17) is 0 Å². The molecule has 0 aliphatic heterocycles. The van der Waals surface area contributed by atoms with E-state index in [-0.39, 0.29) is 11.6 Å². The Morgan fingerprint density at radius 3 is 2.77 bits per heavy atom. The average Bonchev–Trinajstić information content (AvgIpc) is 2.95. The second-order valence-corrected chi connectivity index (χ2v) is 6.47. The standard InChI is InChI=1S/C17H18F3N3O3/c1-8(2)23-13-5-9(16(24)25)3-4-10(13)15(22-23)11-6-14(26-17(19)20)21-7-12(11)18/h6-9,17H,3-5H2,1-2H3,(H,24,25)/t9-/m1/s1. The maximum Gasteiger partial charge on any atom is 0.388 e. The van der Waals surface area contributed by atoms with Crippen molar-refractivity contribution >= 4 is 5.97 Å². The Labute approximate surface area is 147 Å². The number of fused-ring (bicyclic) bond motifs is 1. The number of carboxylic acid groups (broad SMARTS) is 1. The molecule has 0 amide bonds. The Morgan fingerprint density at radius 2 is 2.15 bits per heavy atom. The Bertz CT molecular complexity index is 836. The number of aromatic nitrogens is 3. The summed E-state index contributed by atoms with van der Waals surface area (Å²) in [5, 5.41) is 13.7. The zero-order valence-electron chi connectivity index (χ0n) is 14.2. The summed E-state index contributed by atoms with van der Waals surface area (Å²) in [6, 6.07) is 1.03. The van der Waals surface area contributed by atoms with Gasteiger partial charge in [0.2, 0.25) is 5.88 Å². The Kier molecular flexibility index (Phi) is 4.88. The van der Waals surface area contributed by atoms with E-state index in [0.29, 0.717) is 25.0 Å². The van der Waals surface area contributed by atoms with Gasteiger partial charge < -0.3 is 9.84 Å². The van der Waals surface area contributed by atoms with Crippen molar-refractivity contribution in [3.63, 3.8) is 0 Å². The minimum Gasteiger partial charge on any atom is -0.481 e. The highest BCUT2D eigenvalue weighted by molar-refractivity contribution is 5.72. The lowest BCUT2D eigenvalue weighted by Crippen LogP contribution is -2.24. The summed E-state index contributed by atoms with van der Waals surface area (Å²) in [6.45, 7) is 0.699. The molecule has 2 aromatic heterocycles. The quantitative estimate of drug-likeness (QED) is 0.873. The summed E-state index contributed by atoms with van der Waals surface area (Å²) in [7, 11) is 0. The minimum absolute atomic E-state index is 0.0140. The van der Waals surface area contributed by atoms with E-state index in [1.54, 1.807) is 4.68 Å². The van der Waals surface area contributed by atoms with Crippen LogP contribution in [-0.2, 0) is 17.6 Å². The first kappa shape index (κ1) is 18.2. The number of carbonyl (C=O) groups is 1. The van der Waals surface area contributed by atoms with Crippen LogP contribution in [0.15, 0.2) is 12.3 Å². The molecule has 0 bridgehead atoms. The van der Waals surface area contributed by atoms with E-state index in [2.05, 4.69) is 14.8 Å². The van der Waals surface area contributed by atoms with Crippen LogP contribution in [-0.4, -0.2) is 32.5 Å². The molecule has 26 heavy (non-hydrogen) atoms. The van der Waals surface area contributed by atoms with Crippen molar-refractivity contribution in [1.29, 1.82) is 0 Å². The molecule has 140 valence electrons. The molecule has 1 atom stereocenters. The number of ether oxygens (including phenoxy) is 1. The van der Waals surface area contributed by atoms with Crippen molar-refractivity contribution in [3.05, 3.63) is 29.3 Å². The third-order valence-corrected chi connectivity index (χ3v) is 4.43. The topological polar surface area (TPSA) is 77.2 Å². The third kappa shape index (κ3) is 3.38. The maximum absolute atomic E-state index is 14.3. The van der Waals surface area contributed by atoms with Crippen LogP contribution in [0, 0.1) is 11.7 Å². The van der Waals surface area contributed by atoms with Crippen LogP contribution < -0.4 is 4.74 Å². The van der Waals surface area contributed by atoms with Gasteiger partial charge in [-0.2, -0.15) is 13.9 Å². The first-order valence-corrected chi connectivity index (χ1v) is 8.21. The number of carboxylic acids is 1. The van der Waals surface area contributed by atoms with Crippen molar-refractivity contribution in [2.24, 2.45) is 5.92 Å². The normalized spacial score (nSPS) is 16.8. The molecule has 0 aromatic carbocycles. The average molecular weight is 369 g/mol. The van der Waals surface area contributed by atoms with E-state index in [0.717, 1.165) is 23.5 Å². The van der Waals surface area contributed by atoms with Gasteiger partial charge in [-0.25, -0.2) is 9.37 Å². The van der Waals surface area contributed by atoms with Gasteiger partial charge in [0.25, 0.3) is 0 Å². The maximum atomic E-state index is 14.3. The lowest BCUT2D eigenvalue weighted by Gasteiger charge is -2.21. The van der Waals surface area contributed by atoms with E-state index < -0.39 is 30.2 Å². The second-order valence-electron chi connectivity index (χ2n) is 6.47. The highest BCUT2D eigenvalue weighted by atomic mass is 19.3. The smallest absolute Gasteiger partial charge is 0.388 e. The molecular weight excluding hydrogens is 351 g/mol. The third-order valence-electron chi connectivity index (χ3n) is 4.43. The molecule has 0 spiro atoms. The SMILES string of the molecule is CC(C)n1nc(-c2cc(OC(F)F)ncc2F)c2c1C[C@H](C(=O)O)CC2. The summed E-state index contributed by atoms with van der Waals surface area (Å²) in [5.41, 5.74) is 1.81. The molecule has 1 N–H and O–H groups in total. The number of aliphatic carboxylic acids is 1. The second kappa shape index (κ2) is 6.97. The lowest BCUT2D eigenvalue weighted by atomic mass is 9.85. The van der Waals surface area contributed by atoms with Crippen LogP contribution in [0.5, 0.6) is 5.88 Å². The largest absolute Gasteiger partial charge is 0.481 e. The van der Waals surface area contributed by atoms with Gasteiger partial charge in [0, 0.05) is 35.3 Å². The Morgan fingerprint density at radius 1 is 1.42 bits per heavy atom. The number of halogens is 3. The van der Waals surface area contributed by atoms with Crippen molar-refractivity contribution in [1.82, 2.24) is 14.8 Å². The zero-order valence-corrected chi connectivity index (χ0v) is 14.2. The van der Waals surface area contributed by atoms with E-state index in [1.165, 1.54) is 0 Å². The molecule has 0 unspecified atom stereocenters.